The summed E-state index contributed by atoms with van der Waals surface area (Å²) in [5, 5.41) is 2.28. The molecule has 2 aromatic rings. The van der Waals surface area contributed by atoms with E-state index in [9.17, 15) is 4.79 Å². The summed E-state index contributed by atoms with van der Waals surface area (Å²) in [7, 11) is 0. The van der Waals surface area contributed by atoms with E-state index in [1.165, 1.54) is 0 Å². The van der Waals surface area contributed by atoms with Gasteiger partial charge >= 0.3 is 0 Å². The van der Waals surface area contributed by atoms with Gasteiger partial charge in [-0.1, -0.05) is 18.1 Å². The molecule has 0 radical (unpaired) electrons. The van der Waals surface area contributed by atoms with Gasteiger partial charge in [0.05, 0.1) is 17.9 Å². The van der Waals surface area contributed by atoms with Crippen LogP contribution in [0.4, 0.5) is 0 Å². The van der Waals surface area contributed by atoms with Gasteiger partial charge in [-0.15, -0.1) is 6.42 Å². The minimum atomic E-state index is 0. The second kappa shape index (κ2) is 11.1. The monoisotopic (exact) mass is 341 g/mol. The summed E-state index contributed by atoms with van der Waals surface area (Å²) in [5.74, 6) is 2.23. The Bertz CT molecular complexity index is 460. The molecule has 0 unspecified atom stereocenters. The number of terminal acetylenes is 1. The molecule has 5 heteroatoms. The first kappa shape index (κ1) is 17.0. The first-order chi connectivity index (χ1) is 8.88. The maximum atomic E-state index is 9.36. The minimum absolute atomic E-state index is 0. The van der Waals surface area contributed by atoms with Crippen molar-refractivity contribution in [3.8, 4) is 23.7 Å². The Morgan fingerprint density at radius 1 is 1.11 bits per heavy atom. The van der Waals surface area contributed by atoms with Crippen LogP contribution in [0.1, 0.15) is 0 Å². The molecule has 0 aliphatic heterocycles. The molecule has 0 aliphatic carbocycles. The molecule has 0 saturated heterocycles. The van der Waals surface area contributed by atoms with Gasteiger partial charge < -0.3 is 5.32 Å². The number of nitrogens with zero attached hydrogens (tertiary/aromatic N) is 2. The second-order valence-electron chi connectivity index (χ2n) is 3.13. The van der Waals surface area contributed by atoms with E-state index in [1.807, 2.05) is 36.4 Å². The van der Waals surface area contributed by atoms with Crippen LogP contribution >= 0.6 is 0 Å². The van der Waals surface area contributed by atoms with Crippen molar-refractivity contribution in [1.82, 2.24) is 15.3 Å². The average molecular weight is 340 g/mol. The molecule has 98 valence electrons. The van der Waals surface area contributed by atoms with Gasteiger partial charge in [-0.2, -0.15) is 0 Å². The average Bonchev–Trinajstić information content (AvgIpc) is 2.48. The molecule has 19 heavy (non-hydrogen) atoms. The van der Waals surface area contributed by atoms with E-state index >= 15 is 0 Å². The predicted octanol–water partition coefficient (Wildman–Crippen LogP) is 1.51. The van der Waals surface area contributed by atoms with Crippen molar-refractivity contribution in [2.75, 3.05) is 6.54 Å². The summed E-state index contributed by atoms with van der Waals surface area (Å²) in [6.07, 6.45) is 8.85. The van der Waals surface area contributed by atoms with Crippen LogP contribution in [0, 0.1) is 12.3 Å². The predicted molar refractivity (Wildman–Crippen MR) is 70.4 cm³/mol. The molecule has 0 saturated carbocycles. The van der Waals surface area contributed by atoms with Crippen molar-refractivity contribution in [2.45, 2.75) is 0 Å². The Kier molecular flexibility index (Phi) is 9.88. The number of amides is 1. The van der Waals surface area contributed by atoms with E-state index in [-0.39, 0.29) is 19.5 Å². The van der Waals surface area contributed by atoms with Crippen LogP contribution < -0.4 is 5.32 Å². The topological polar surface area (TPSA) is 54.9 Å². The Morgan fingerprint density at radius 3 is 1.89 bits per heavy atom. The molecular formula is C14H13N3ORu. The molecule has 2 heterocycles. The molecule has 0 atom stereocenters. The normalized spacial score (nSPS) is 7.95. The van der Waals surface area contributed by atoms with Crippen molar-refractivity contribution >= 4 is 6.41 Å². The maximum Gasteiger partial charge on any atom is 0.207 e. The number of nitrogens with one attached hydrogen (secondary N) is 1. The van der Waals surface area contributed by atoms with Crippen LogP contribution in [0.3, 0.4) is 0 Å². The largest absolute Gasteiger partial charge is 0.348 e. The zero-order valence-electron chi connectivity index (χ0n) is 10.1. The third kappa shape index (κ3) is 7.07. The zero-order chi connectivity index (χ0) is 13.1. The fraction of sp³-hybridized carbons (Fsp3) is 0.0714. The van der Waals surface area contributed by atoms with Gasteiger partial charge in [0.15, 0.2) is 0 Å². The third-order valence-electron chi connectivity index (χ3n) is 1.88. The van der Waals surface area contributed by atoms with Gasteiger partial charge in [0.1, 0.15) is 0 Å². The van der Waals surface area contributed by atoms with Gasteiger partial charge in [0, 0.05) is 31.9 Å². The number of hydrogen-bond donors (Lipinski definition) is 1. The zero-order valence-corrected chi connectivity index (χ0v) is 11.9. The SMILES string of the molecule is C#CCNC=O.[Ru].c1ccc(-c2ccccn2)nc1. The van der Waals surface area contributed by atoms with E-state index in [2.05, 4.69) is 21.2 Å². The van der Waals surface area contributed by atoms with Crippen molar-refractivity contribution in [2.24, 2.45) is 0 Å². The summed E-state index contributed by atoms with van der Waals surface area (Å²) in [6.45, 7) is 0.323. The van der Waals surface area contributed by atoms with Gasteiger partial charge in [-0.05, 0) is 24.3 Å². The quantitative estimate of drug-likeness (QED) is 0.399. The first-order valence-corrected chi connectivity index (χ1v) is 5.31. The molecule has 4 nitrogen and oxygen atoms in total. The van der Waals surface area contributed by atoms with Gasteiger partial charge in [0.2, 0.25) is 6.41 Å². The Hall–Kier alpha value is -2.05. The standard InChI is InChI=1S/C10H8N2.C4H5NO.Ru/c1-3-7-11-9(5-1)10-6-2-4-8-12-10;1-2-3-5-4-6;/h1-8H;1,4H,3H2,(H,5,6);. The summed E-state index contributed by atoms with van der Waals surface area (Å²) >= 11 is 0. The molecule has 2 rings (SSSR count). The smallest absolute Gasteiger partial charge is 0.207 e. The molecule has 0 aliphatic rings. The molecule has 1 N–H and O–H groups in total. The molecule has 0 bridgehead atoms. The molecule has 0 spiro atoms. The van der Waals surface area contributed by atoms with Crippen molar-refractivity contribution in [1.29, 1.82) is 0 Å². The maximum absolute atomic E-state index is 9.36. The summed E-state index contributed by atoms with van der Waals surface area (Å²) < 4.78 is 0. The fourth-order valence-corrected chi connectivity index (χ4v) is 1.13. The Morgan fingerprint density at radius 2 is 1.63 bits per heavy atom. The summed E-state index contributed by atoms with van der Waals surface area (Å²) in [4.78, 5) is 17.7. The summed E-state index contributed by atoms with van der Waals surface area (Å²) in [6, 6.07) is 11.6. The van der Waals surface area contributed by atoms with Gasteiger partial charge in [0.25, 0.3) is 0 Å². The third-order valence-corrected chi connectivity index (χ3v) is 1.88. The second-order valence-corrected chi connectivity index (χ2v) is 3.13. The van der Waals surface area contributed by atoms with Crippen LogP contribution in [0.2, 0.25) is 0 Å². The fourth-order valence-electron chi connectivity index (χ4n) is 1.13. The molecule has 0 fully saturated rings. The van der Waals surface area contributed by atoms with Gasteiger partial charge in [-0.3, -0.25) is 14.8 Å². The molecule has 2 aromatic heterocycles. The molecular weight excluding hydrogens is 327 g/mol. The van der Waals surface area contributed by atoms with E-state index in [1.54, 1.807) is 12.4 Å². The number of hydrogen-bond acceptors (Lipinski definition) is 3. The molecule has 0 aromatic carbocycles. The van der Waals surface area contributed by atoms with Crippen molar-refractivity contribution in [3.63, 3.8) is 0 Å². The summed E-state index contributed by atoms with van der Waals surface area (Å²) in [5.41, 5.74) is 1.83. The van der Waals surface area contributed by atoms with Crippen LogP contribution in [0.5, 0.6) is 0 Å². The number of rotatable bonds is 3. The number of aromatic nitrogens is 2. The van der Waals surface area contributed by atoms with Crippen LogP contribution in [-0.2, 0) is 24.3 Å². The first-order valence-electron chi connectivity index (χ1n) is 5.31. The van der Waals surface area contributed by atoms with Crippen molar-refractivity contribution in [3.05, 3.63) is 48.8 Å². The Labute approximate surface area is 125 Å². The van der Waals surface area contributed by atoms with E-state index in [0.29, 0.717) is 13.0 Å². The molecule has 1 amide bonds. The van der Waals surface area contributed by atoms with E-state index in [4.69, 9.17) is 6.42 Å². The van der Waals surface area contributed by atoms with Crippen molar-refractivity contribution < 1.29 is 24.3 Å². The van der Waals surface area contributed by atoms with Crippen LogP contribution in [0.25, 0.3) is 11.4 Å². The number of carbonyl (C=O) groups excluding carboxylic acids is 1. The minimum Gasteiger partial charge on any atom is -0.348 e. The van der Waals surface area contributed by atoms with E-state index in [0.717, 1.165) is 11.4 Å². The van der Waals surface area contributed by atoms with Gasteiger partial charge in [-0.25, -0.2) is 0 Å². The Balaban J connectivity index is 0.000000404. The number of carbonyl (C=O) groups is 1. The van der Waals surface area contributed by atoms with E-state index < -0.39 is 0 Å². The van der Waals surface area contributed by atoms with Crippen LogP contribution in [0.15, 0.2) is 48.8 Å². The number of pyridine rings is 2. The van der Waals surface area contributed by atoms with Crippen LogP contribution in [-0.4, -0.2) is 22.9 Å².